The molecule has 0 saturated carbocycles. The number of β-amino-alcohol motifs (C(OH)–C–C–N with tert-alkyl or cyclic N) is 1. The predicted octanol–water partition coefficient (Wildman–Crippen LogP) is 1.72. The van der Waals surface area contributed by atoms with Crippen molar-refractivity contribution in [1.29, 1.82) is 0 Å². The van der Waals surface area contributed by atoms with Gasteiger partial charge in [-0.1, -0.05) is 12.1 Å². The topological polar surface area (TPSA) is 61.8 Å². The van der Waals surface area contributed by atoms with Gasteiger partial charge in [0.05, 0.1) is 12.7 Å². The number of carbonyl (C=O) groups excluding carboxylic acids is 1. The minimum atomic E-state index is -0.198. The number of rotatable bonds is 7. The molecule has 122 valence electrons. The van der Waals surface area contributed by atoms with Crippen LogP contribution in [0, 0.1) is 0 Å². The van der Waals surface area contributed by atoms with E-state index in [1.807, 2.05) is 12.1 Å². The molecule has 1 aliphatic heterocycles. The van der Waals surface area contributed by atoms with Crippen LogP contribution in [0.3, 0.4) is 0 Å². The van der Waals surface area contributed by atoms with Crippen molar-refractivity contribution in [3.63, 3.8) is 0 Å². The van der Waals surface area contributed by atoms with Crippen molar-refractivity contribution in [2.24, 2.45) is 0 Å². The molecule has 0 bridgehead atoms. The molecule has 1 aliphatic rings. The zero-order valence-corrected chi connectivity index (χ0v) is 13.4. The largest absolute Gasteiger partial charge is 0.494 e. The van der Waals surface area contributed by atoms with E-state index >= 15 is 0 Å². The minimum absolute atomic E-state index is 0.0105. The van der Waals surface area contributed by atoms with Gasteiger partial charge in [0.15, 0.2) is 0 Å². The first-order chi connectivity index (χ1) is 10.6. The summed E-state index contributed by atoms with van der Waals surface area (Å²) in [4.78, 5) is 13.1. The first-order valence-corrected chi connectivity index (χ1v) is 7.95. The Labute approximate surface area is 132 Å². The van der Waals surface area contributed by atoms with Crippen molar-refractivity contribution in [2.75, 3.05) is 26.2 Å². The maximum atomic E-state index is 10.8. The summed E-state index contributed by atoms with van der Waals surface area (Å²) < 4.78 is 5.74. The predicted molar refractivity (Wildman–Crippen MR) is 85.8 cm³/mol. The number of carbonyl (C=O) groups is 1. The minimum Gasteiger partial charge on any atom is -0.494 e. The molecule has 2 rings (SSSR count). The lowest BCUT2D eigenvalue weighted by molar-refractivity contribution is -0.118. The molecule has 2 atom stereocenters. The second-order valence-corrected chi connectivity index (χ2v) is 5.87. The van der Waals surface area contributed by atoms with Gasteiger partial charge in [0.1, 0.15) is 5.75 Å². The fourth-order valence-electron chi connectivity index (χ4n) is 2.72. The maximum Gasteiger partial charge on any atom is 0.216 e. The normalized spacial score (nSPS) is 19.9. The molecule has 1 heterocycles. The van der Waals surface area contributed by atoms with Crippen LogP contribution in [0.2, 0.25) is 0 Å². The van der Waals surface area contributed by atoms with Crippen LogP contribution in [0.5, 0.6) is 5.75 Å². The summed E-state index contributed by atoms with van der Waals surface area (Å²) in [6.07, 6.45) is 1.44. The Morgan fingerprint density at radius 1 is 1.55 bits per heavy atom. The zero-order chi connectivity index (χ0) is 15.9. The van der Waals surface area contributed by atoms with Gasteiger partial charge in [0.2, 0.25) is 5.91 Å². The van der Waals surface area contributed by atoms with Gasteiger partial charge in [-0.25, -0.2) is 0 Å². The first kappa shape index (κ1) is 16.8. The summed E-state index contributed by atoms with van der Waals surface area (Å²) in [6, 6.07) is 8.39. The summed E-state index contributed by atoms with van der Waals surface area (Å²) in [7, 11) is 0. The molecule has 1 amide bonds. The molecule has 0 spiro atoms. The van der Waals surface area contributed by atoms with E-state index in [-0.39, 0.29) is 18.1 Å². The van der Waals surface area contributed by atoms with Crippen LogP contribution < -0.4 is 10.1 Å². The molecule has 1 aromatic rings. The Morgan fingerprint density at radius 2 is 2.36 bits per heavy atom. The smallest absolute Gasteiger partial charge is 0.216 e. The van der Waals surface area contributed by atoms with E-state index < -0.39 is 0 Å². The first-order valence-electron chi connectivity index (χ1n) is 7.95. The van der Waals surface area contributed by atoms with Crippen molar-refractivity contribution in [3.05, 3.63) is 29.8 Å². The number of aliphatic hydroxyl groups is 1. The van der Waals surface area contributed by atoms with E-state index in [4.69, 9.17) is 4.74 Å². The van der Waals surface area contributed by atoms with E-state index in [2.05, 4.69) is 29.3 Å². The molecular formula is C17H26N2O3. The Hall–Kier alpha value is -1.59. The number of likely N-dealkylation sites (tertiary alicyclic amines) is 1. The highest BCUT2D eigenvalue weighted by atomic mass is 16.5. The number of ether oxygens (including phenoxy) is 1. The Kier molecular flexibility index (Phi) is 6.21. The lowest BCUT2D eigenvalue weighted by Crippen LogP contribution is -2.25. The van der Waals surface area contributed by atoms with E-state index in [0.29, 0.717) is 13.2 Å². The summed E-state index contributed by atoms with van der Waals surface area (Å²) in [5.41, 5.74) is 1.20. The molecule has 1 aromatic carbocycles. The Bertz CT molecular complexity index is 493. The summed E-state index contributed by atoms with van der Waals surface area (Å²) in [5.74, 6) is 0.843. The van der Waals surface area contributed by atoms with Gasteiger partial charge in [-0.3, -0.25) is 9.69 Å². The number of nitrogens with one attached hydrogen (secondary N) is 1. The molecule has 5 nitrogen and oxygen atoms in total. The quantitative estimate of drug-likeness (QED) is 0.753. The van der Waals surface area contributed by atoms with E-state index in [9.17, 15) is 9.90 Å². The number of hydrogen-bond donors (Lipinski definition) is 2. The van der Waals surface area contributed by atoms with Gasteiger partial charge < -0.3 is 15.2 Å². The van der Waals surface area contributed by atoms with E-state index in [1.165, 1.54) is 12.5 Å². The lowest BCUT2D eigenvalue weighted by Gasteiger charge is -2.24. The van der Waals surface area contributed by atoms with Crippen LogP contribution in [0.4, 0.5) is 0 Å². The number of benzene rings is 1. The maximum absolute atomic E-state index is 10.8. The highest BCUT2D eigenvalue weighted by Gasteiger charge is 2.25. The third kappa shape index (κ3) is 5.00. The number of aliphatic hydroxyl groups excluding tert-OH is 1. The molecule has 2 unspecified atom stereocenters. The molecule has 5 heteroatoms. The van der Waals surface area contributed by atoms with Crippen LogP contribution in [0.15, 0.2) is 24.3 Å². The van der Waals surface area contributed by atoms with Gasteiger partial charge in [0.25, 0.3) is 0 Å². The van der Waals surface area contributed by atoms with Gasteiger partial charge in [-0.05, 0) is 37.5 Å². The van der Waals surface area contributed by atoms with Crippen LogP contribution in [0.1, 0.15) is 38.3 Å². The molecule has 0 radical (unpaired) electrons. The van der Waals surface area contributed by atoms with Crippen molar-refractivity contribution in [1.82, 2.24) is 10.2 Å². The number of hydrogen-bond acceptors (Lipinski definition) is 4. The van der Waals surface area contributed by atoms with Gasteiger partial charge in [-0.2, -0.15) is 0 Å². The fourth-order valence-corrected chi connectivity index (χ4v) is 2.72. The highest BCUT2D eigenvalue weighted by Crippen LogP contribution is 2.27. The molecule has 1 fully saturated rings. The van der Waals surface area contributed by atoms with Crippen LogP contribution in [-0.2, 0) is 4.79 Å². The van der Waals surface area contributed by atoms with Crippen molar-refractivity contribution in [2.45, 2.75) is 38.8 Å². The Balaban J connectivity index is 1.83. The van der Waals surface area contributed by atoms with E-state index in [0.717, 1.165) is 31.7 Å². The monoisotopic (exact) mass is 306 g/mol. The van der Waals surface area contributed by atoms with Crippen LogP contribution >= 0.6 is 0 Å². The average Bonchev–Trinajstić information content (AvgIpc) is 2.93. The third-order valence-electron chi connectivity index (χ3n) is 4.05. The van der Waals surface area contributed by atoms with Gasteiger partial charge in [-0.15, -0.1) is 0 Å². The molecule has 0 aromatic heterocycles. The lowest BCUT2D eigenvalue weighted by atomic mass is 10.1. The van der Waals surface area contributed by atoms with Crippen molar-refractivity contribution >= 4 is 5.91 Å². The van der Waals surface area contributed by atoms with Crippen molar-refractivity contribution in [3.8, 4) is 5.75 Å². The molecule has 1 saturated heterocycles. The average molecular weight is 306 g/mol. The molecule has 0 aliphatic carbocycles. The number of amides is 1. The van der Waals surface area contributed by atoms with Crippen LogP contribution in [-0.4, -0.2) is 48.3 Å². The second kappa shape index (κ2) is 8.15. The highest BCUT2D eigenvalue weighted by molar-refractivity contribution is 5.72. The summed E-state index contributed by atoms with van der Waals surface area (Å²) >= 11 is 0. The summed E-state index contributed by atoms with van der Waals surface area (Å²) in [5, 5.41) is 12.4. The molecule has 2 N–H and O–H groups in total. The second-order valence-electron chi connectivity index (χ2n) is 5.87. The number of nitrogens with zero attached hydrogens (tertiary/aromatic N) is 1. The molecular weight excluding hydrogens is 280 g/mol. The summed E-state index contributed by atoms with van der Waals surface area (Å²) in [6.45, 7) is 6.57. The third-order valence-corrected chi connectivity index (χ3v) is 4.05. The zero-order valence-electron chi connectivity index (χ0n) is 13.4. The SMILES string of the molecule is CC(=O)NCCCOc1cccc(C(C)N2CCC(O)C2)c1. The van der Waals surface area contributed by atoms with Gasteiger partial charge in [0, 0.05) is 32.6 Å². The van der Waals surface area contributed by atoms with E-state index in [1.54, 1.807) is 0 Å². The standard InChI is InChI=1S/C17H26N2O3/c1-13(19-9-7-16(21)12-19)15-5-3-6-17(11-15)22-10-4-8-18-14(2)20/h3,5-6,11,13,16,21H,4,7-10,12H2,1-2H3,(H,18,20). The van der Waals surface area contributed by atoms with Crippen LogP contribution in [0.25, 0.3) is 0 Å². The van der Waals surface area contributed by atoms with Gasteiger partial charge >= 0.3 is 0 Å². The molecule has 22 heavy (non-hydrogen) atoms. The Morgan fingerprint density at radius 3 is 3.05 bits per heavy atom. The fraction of sp³-hybridized carbons (Fsp3) is 0.588. The van der Waals surface area contributed by atoms with Crippen molar-refractivity contribution < 1.29 is 14.6 Å².